The molecule has 3 heteroatoms. The van der Waals surface area contributed by atoms with Gasteiger partial charge in [-0.05, 0) is 63.1 Å². The van der Waals surface area contributed by atoms with Crippen LogP contribution in [0, 0.1) is 6.92 Å². The van der Waals surface area contributed by atoms with Crippen LogP contribution in [0.4, 0.5) is 11.4 Å². The van der Waals surface area contributed by atoms with Gasteiger partial charge >= 0.3 is 0 Å². The first-order valence-corrected chi connectivity index (χ1v) is 8.09. The summed E-state index contributed by atoms with van der Waals surface area (Å²) in [5.41, 5.74) is 3.35. The zero-order valence-corrected chi connectivity index (χ0v) is 12.6. The van der Waals surface area contributed by atoms with Crippen LogP contribution in [0.3, 0.4) is 0 Å². The summed E-state index contributed by atoms with van der Waals surface area (Å²) in [4.78, 5) is 4.84. The van der Waals surface area contributed by atoms with Crippen molar-refractivity contribution >= 4 is 11.4 Å². The van der Waals surface area contributed by atoms with E-state index in [4.69, 9.17) is 0 Å². The van der Waals surface area contributed by atoms with E-state index in [-0.39, 0.29) is 0 Å². The number of hydrogen-bond acceptors (Lipinski definition) is 3. The molecule has 0 amide bonds. The van der Waals surface area contributed by atoms with Crippen LogP contribution in [0.5, 0.6) is 5.75 Å². The second-order valence-corrected chi connectivity index (χ2v) is 6.23. The molecule has 20 heavy (non-hydrogen) atoms. The van der Waals surface area contributed by atoms with E-state index in [0.29, 0.717) is 5.75 Å². The molecule has 0 aliphatic carbocycles. The van der Waals surface area contributed by atoms with Crippen LogP contribution in [-0.4, -0.2) is 31.3 Å². The molecule has 0 unspecified atom stereocenters. The average molecular weight is 274 g/mol. The van der Waals surface area contributed by atoms with Crippen LogP contribution >= 0.6 is 0 Å². The Balaban J connectivity index is 1.89. The molecule has 3 nitrogen and oxygen atoms in total. The molecule has 0 spiro atoms. The van der Waals surface area contributed by atoms with Crippen LogP contribution in [0.15, 0.2) is 12.1 Å². The molecule has 0 aromatic heterocycles. The number of anilines is 2. The maximum Gasteiger partial charge on any atom is 0.141 e. The zero-order valence-electron chi connectivity index (χ0n) is 12.6. The number of aromatic hydroxyl groups is 1. The number of rotatable bonds is 2. The standard InChI is InChI=1S/C17H26N2O/c1-14-12-15(18-8-4-2-5-9-18)13-16(17(14)20)19-10-6-3-7-11-19/h12-13,20H,2-11H2,1H3. The number of piperidine rings is 2. The number of aryl methyl sites for hydroxylation is 1. The minimum Gasteiger partial charge on any atom is -0.505 e. The third kappa shape index (κ3) is 2.72. The number of phenols is 1. The maximum absolute atomic E-state index is 10.4. The van der Waals surface area contributed by atoms with E-state index in [1.807, 2.05) is 6.92 Å². The lowest BCUT2D eigenvalue weighted by Crippen LogP contribution is -2.31. The molecule has 2 aliphatic rings. The summed E-state index contributed by atoms with van der Waals surface area (Å²) in [6.45, 7) is 6.50. The number of nitrogens with zero attached hydrogens (tertiary/aromatic N) is 2. The van der Waals surface area contributed by atoms with Crippen LogP contribution in [0.1, 0.15) is 44.1 Å². The van der Waals surface area contributed by atoms with E-state index in [0.717, 1.165) is 37.4 Å². The van der Waals surface area contributed by atoms with E-state index in [1.165, 1.54) is 44.2 Å². The van der Waals surface area contributed by atoms with Gasteiger partial charge in [-0.1, -0.05) is 0 Å². The fraction of sp³-hybridized carbons (Fsp3) is 0.647. The Kier molecular flexibility index (Phi) is 4.04. The lowest BCUT2D eigenvalue weighted by Gasteiger charge is -2.33. The van der Waals surface area contributed by atoms with Gasteiger partial charge in [0, 0.05) is 31.9 Å². The summed E-state index contributed by atoms with van der Waals surface area (Å²) in [6.07, 6.45) is 7.74. The minimum atomic E-state index is 0.479. The molecule has 2 heterocycles. The topological polar surface area (TPSA) is 26.7 Å². The Morgan fingerprint density at radius 2 is 1.35 bits per heavy atom. The highest BCUT2D eigenvalue weighted by molar-refractivity contribution is 5.69. The van der Waals surface area contributed by atoms with Crippen LogP contribution in [0.25, 0.3) is 0 Å². The van der Waals surface area contributed by atoms with Gasteiger partial charge in [-0.25, -0.2) is 0 Å². The van der Waals surface area contributed by atoms with Crippen LogP contribution < -0.4 is 9.80 Å². The van der Waals surface area contributed by atoms with Crippen molar-refractivity contribution in [2.45, 2.75) is 45.4 Å². The molecular formula is C17H26N2O. The van der Waals surface area contributed by atoms with Gasteiger partial charge in [0.2, 0.25) is 0 Å². The quantitative estimate of drug-likeness (QED) is 0.891. The molecule has 1 aromatic carbocycles. The third-order valence-corrected chi connectivity index (χ3v) is 4.68. The summed E-state index contributed by atoms with van der Waals surface area (Å²) in [7, 11) is 0. The molecule has 0 radical (unpaired) electrons. The molecule has 110 valence electrons. The molecule has 3 rings (SSSR count). The van der Waals surface area contributed by atoms with Crippen molar-refractivity contribution in [3.63, 3.8) is 0 Å². The number of phenolic OH excluding ortho intramolecular Hbond substituents is 1. The van der Waals surface area contributed by atoms with Gasteiger partial charge in [0.15, 0.2) is 0 Å². The molecule has 2 saturated heterocycles. The molecule has 1 N–H and O–H groups in total. The van der Waals surface area contributed by atoms with Crippen molar-refractivity contribution in [2.24, 2.45) is 0 Å². The molecule has 2 aliphatic heterocycles. The maximum atomic E-state index is 10.4. The van der Waals surface area contributed by atoms with E-state index >= 15 is 0 Å². The van der Waals surface area contributed by atoms with Crippen molar-refractivity contribution in [2.75, 3.05) is 36.0 Å². The van der Waals surface area contributed by atoms with Gasteiger partial charge in [-0.15, -0.1) is 0 Å². The Bertz CT molecular complexity index is 460. The predicted molar refractivity (Wildman–Crippen MR) is 85.0 cm³/mol. The van der Waals surface area contributed by atoms with Crippen molar-refractivity contribution in [1.29, 1.82) is 0 Å². The summed E-state index contributed by atoms with van der Waals surface area (Å²) in [5, 5.41) is 10.4. The smallest absolute Gasteiger partial charge is 0.141 e. The molecule has 0 atom stereocenters. The van der Waals surface area contributed by atoms with Gasteiger partial charge in [0.25, 0.3) is 0 Å². The first-order valence-electron chi connectivity index (χ1n) is 8.09. The van der Waals surface area contributed by atoms with Gasteiger partial charge < -0.3 is 14.9 Å². The Morgan fingerprint density at radius 3 is 1.95 bits per heavy atom. The lowest BCUT2D eigenvalue weighted by atomic mass is 10.1. The summed E-state index contributed by atoms with van der Waals surface area (Å²) in [5.74, 6) is 0.479. The SMILES string of the molecule is Cc1cc(N2CCCCC2)cc(N2CCCCC2)c1O. The van der Waals surface area contributed by atoms with Crippen molar-refractivity contribution in [1.82, 2.24) is 0 Å². The minimum absolute atomic E-state index is 0.479. The van der Waals surface area contributed by atoms with E-state index < -0.39 is 0 Å². The normalized spacial score (nSPS) is 20.2. The highest BCUT2D eigenvalue weighted by atomic mass is 16.3. The van der Waals surface area contributed by atoms with Gasteiger partial charge in [-0.2, -0.15) is 0 Å². The summed E-state index contributed by atoms with van der Waals surface area (Å²) < 4.78 is 0. The van der Waals surface area contributed by atoms with E-state index in [9.17, 15) is 5.11 Å². The van der Waals surface area contributed by atoms with E-state index in [1.54, 1.807) is 0 Å². The van der Waals surface area contributed by atoms with Gasteiger partial charge in [0.05, 0.1) is 5.69 Å². The van der Waals surface area contributed by atoms with Crippen LogP contribution in [-0.2, 0) is 0 Å². The van der Waals surface area contributed by atoms with Gasteiger partial charge in [-0.3, -0.25) is 0 Å². The first-order chi connectivity index (χ1) is 9.75. The monoisotopic (exact) mass is 274 g/mol. The third-order valence-electron chi connectivity index (χ3n) is 4.68. The molecule has 0 saturated carbocycles. The first kappa shape index (κ1) is 13.6. The lowest BCUT2D eigenvalue weighted by molar-refractivity contribution is 0.465. The second-order valence-electron chi connectivity index (χ2n) is 6.23. The van der Waals surface area contributed by atoms with E-state index in [2.05, 4.69) is 21.9 Å². The van der Waals surface area contributed by atoms with Crippen molar-refractivity contribution in [3.05, 3.63) is 17.7 Å². The molecule has 2 fully saturated rings. The summed E-state index contributed by atoms with van der Waals surface area (Å²) in [6, 6.07) is 4.35. The fourth-order valence-corrected chi connectivity index (χ4v) is 3.45. The molecule has 0 bridgehead atoms. The van der Waals surface area contributed by atoms with Crippen LogP contribution in [0.2, 0.25) is 0 Å². The fourth-order valence-electron chi connectivity index (χ4n) is 3.45. The highest BCUT2D eigenvalue weighted by Gasteiger charge is 2.19. The predicted octanol–water partition coefficient (Wildman–Crippen LogP) is 3.68. The Hall–Kier alpha value is -1.38. The Morgan fingerprint density at radius 1 is 0.800 bits per heavy atom. The summed E-state index contributed by atoms with van der Waals surface area (Å²) >= 11 is 0. The number of hydrogen-bond donors (Lipinski definition) is 1. The molecular weight excluding hydrogens is 248 g/mol. The van der Waals surface area contributed by atoms with Gasteiger partial charge in [0.1, 0.15) is 5.75 Å². The number of benzene rings is 1. The highest BCUT2D eigenvalue weighted by Crippen LogP contribution is 2.37. The second kappa shape index (κ2) is 5.94. The largest absolute Gasteiger partial charge is 0.505 e. The zero-order chi connectivity index (χ0) is 13.9. The molecule has 1 aromatic rings. The van der Waals surface area contributed by atoms with Crippen molar-refractivity contribution in [3.8, 4) is 5.75 Å². The Labute approximate surface area is 122 Å². The van der Waals surface area contributed by atoms with Crippen molar-refractivity contribution < 1.29 is 5.11 Å². The average Bonchev–Trinajstić information content (AvgIpc) is 2.51.